The molecule has 2 amide bonds. The first-order chi connectivity index (χ1) is 19.5. The summed E-state index contributed by atoms with van der Waals surface area (Å²) in [5.41, 5.74) is 1.61. The van der Waals surface area contributed by atoms with E-state index in [0.717, 1.165) is 9.87 Å². The molecule has 0 fully saturated rings. The van der Waals surface area contributed by atoms with E-state index in [1.54, 1.807) is 56.3 Å². The molecule has 0 aliphatic rings. The van der Waals surface area contributed by atoms with Crippen LogP contribution in [-0.4, -0.2) is 43.3 Å². The predicted molar refractivity (Wildman–Crippen MR) is 171 cm³/mol. The van der Waals surface area contributed by atoms with Crippen molar-refractivity contribution in [2.75, 3.05) is 10.8 Å². The van der Waals surface area contributed by atoms with Crippen LogP contribution in [0.3, 0.4) is 0 Å². The van der Waals surface area contributed by atoms with Crippen molar-refractivity contribution in [1.29, 1.82) is 0 Å². The first-order valence-corrected chi connectivity index (χ1v) is 16.0. The molecule has 0 saturated carbocycles. The zero-order chi connectivity index (χ0) is 31.4. The van der Waals surface area contributed by atoms with Gasteiger partial charge in [-0.2, -0.15) is 0 Å². The van der Waals surface area contributed by atoms with Gasteiger partial charge in [-0.25, -0.2) is 8.42 Å². The minimum Gasteiger partial charge on any atom is -0.350 e. The van der Waals surface area contributed by atoms with Gasteiger partial charge in [-0.3, -0.25) is 13.9 Å². The zero-order valence-electron chi connectivity index (χ0n) is 24.5. The molecule has 0 aromatic heterocycles. The molecule has 0 saturated heterocycles. The van der Waals surface area contributed by atoms with Crippen LogP contribution in [0.25, 0.3) is 0 Å². The number of hydrogen-bond acceptors (Lipinski definition) is 4. The highest BCUT2D eigenvalue weighted by molar-refractivity contribution is 7.92. The minimum absolute atomic E-state index is 0.0125. The van der Waals surface area contributed by atoms with E-state index in [9.17, 15) is 18.0 Å². The lowest BCUT2D eigenvalue weighted by Crippen LogP contribution is -2.55. The third-order valence-corrected chi connectivity index (χ3v) is 9.32. The van der Waals surface area contributed by atoms with Crippen LogP contribution in [0.5, 0.6) is 0 Å². The summed E-state index contributed by atoms with van der Waals surface area (Å²) in [5.74, 6) is -0.995. The van der Waals surface area contributed by atoms with Gasteiger partial charge in [-0.05, 0) is 83.0 Å². The second-order valence-electron chi connectivity index (χ2n) is 11.1. The maximum atomic E-state index is 14.3. The van der Waals surface area contributed by atoms with Gasteiger partial charge in [0, 0.05) is 32.7 Å². The number of aryl methyl sites for hydroxylation is 2. The topological polar surface area (TPSA) is 86.8 Å². The highest BCUT2D eigenvalue weighted by Crippen LogP contribution is 2.31. The minimum atomic E-state index is -4.23. The van der Waals surface area contributed by atoms with Gasteiger partial charge in [0.25, 0.3) is 10.0 Å². The Bertz CT molecular complexity index is 1530. The first-order valence-electron chi connectivity index (χ1n) is 13.4. The number of carbonyl (C=O) groups excluding carboxylic acids is 2. The molecule has 0 radical (unpaired) electrons. The number of anilines is 1. The summed E-state index contributed by atoms with van der Waals surface area (Å²) in [5, 5.41) is 3.88. The monoisotopic (exact) mass is 651 g/mol. The molecule has 226 valence electrons. The van der Waals surface area contributed by atoms with E-state index in [4.69, 9.17) is 34.8 Å². The molecular weight excluding hydrogens is 617 g/mol. The fourth-order valence-electron chi connectivity index (χ4n) is 4.43. The molecule has 3 aromatic rings. The summed E-state index contributed by atoms with van der Waals surface area (Å²) in [6, 6.07) is 15.2. The summed E-state index contributed by atoms with van der Waals surface area (Å²) in [6.45, 7) is 10.2. The van der Waals surface area contributed by atoms with Crippen molar-refractivity contribution < 1.29 is 18.0 Å². The molecule has 7 nitrogen and oxygen atoms in total. The molecular formula is C31H36Cl3N3O4S. The van der Waals surface area contributed by atoms with E-state index < -0.39 is 34.1 Å². The first kappa shape index (κ1) is 33.7. The number of benzene rings is 3. The van der Waals surface area contributed by atoms with E-state index >= 15 is 0 Å². The van der Waals surface area contributed by atoms with Gasteiger partial charge in [-0.15, -0.1) is 0 Å². The highest BCUT2D eigenvalue weighted by Gasteiger charge is 2.35. The number of amides is 2. The van der Waals surface area contributed by atoms with Crippen LogP contribution in [0.15, 0.2) is 65.6 Å². The molecule has 0 heterocycles. The smallest absolute Gasteiger partial charge is 0.264 e. The average Bonchev–Trinajstić information content (AvgIpc) is 2.89. The van der Waals surface area contributed by atoms with E-state index in [1.165, 1.54) is 23.1 Å². The second-order valence-corrected chi connectivity index (χ2v) is 14.3. The molecule has 1 N–H and O–H groups in total. The SMILES string of the molecule is CCC(C(=O)NC(C)(C)C)N(Cc1c(Cl)cccc1Cl)C(=O)CN(c1cc(Cl)ccc1C)S(=O)(=O)c1ccc(C)cc1. The van der Waals surface area contributed by atoms with Crippen LogP contribution in [-0.2, 0) is 26.2 Å². The third-order valence-electron chi connectivity index (χ3n) is 6.60. The fourth-order valence-corrected chi connectivity index (χ4v) is 6.58. The predicted octanol–water partition coefficient (Wildman–Crippen LogP) is 7.18. The van der Waals surface area contributed by atoms with Gasteiger partial charge in [0.15, 0.2) is 0 Å². The molecule has 3 aromatic carbocycles. The molecule has 0 aliphatic heterocycles. The summed E-state index contributed by atoms with van der Waals surface area (Å²) in [7, 11) is -4.23. The lowest BCUT2D eigenvalue weighted by Gasteiger charge is -2.35. The standard InChI is InChI=1S/C31H36Cl3N3O4S/c1-7-27(30(39)35-31(4,5)6)36(18-24-25(33)9-8-10-26(24)34)29(38)19-37(28-17-22(32)14-13-21(28)3)42(40,41)23-15-11-20(2)12-16-23/h8-17,27H,7,18-19H2,1-6H3,(H,35,39). The van der Waals surface area contributed by atoms with Crippen molar-refractivity contribution in [2.24, 2.45) is 0 Å². The van der Waals surface area contributed by atoms with Gasteiger partial charge < -0.3 is 10.2 Å². The average molecular weight is 653 g/mol. The number of halogens is 3. The van der Waals surface area contributed by atoms with Crippen LogP contribution in [0, 0.1) is 13.8 Å². The Balaban J connectivity index is 2.16. The number of sulfonamides is 1. The van der Waals surface area contributed by atoms with Gasteiger partial charge in [0.05, 0.1) is 10.6 Å². The zero-order valence-corrected chi connectivity index (χ0v) is 27.6. The fraction of sp³-hybridized carbons (Fsp3) is 0.355. The Kier molecular flexibility index (Phi) is 11.0. The molecule has 11 heteroatoms. The molecule has 0 bridgehead atoms. The van der Waals surface area contributed by atoms with Crippen LogP contribution < -0.4 is 9.62 Å². The quantitative estimate of drug-likeness (QED) is 0.251. The molecule has 42 heavy (non-hydrogen) atoms. The molecule has 0 aliphatic carbocycles. The van der Waals surface area contributed by atoms with Crippen molar-refractivity contribution in [3.05, 3.63) is 92.4 Å². The Hall–Kier alpha value is -2.78. The molecule has 1 unspecified atom stereocenters. The van der Waals surface area contributed by atoms with E-state index in [0.29, 0.717) is 26.2 Å². The van der Waals surface area contributed by atoms with Gasteiger partial charge >= 0.3 is 0 Å². The number of carbonyl (C=O) groups is 2. The van der Waals surface area contributed by atoms with Crippen molar-refractivity contribution in [3.8, 4) is 0 Å². The number of hydrogen-bond donors (Lipinski definition) is 1. The maximum Gasteiger partial charge on any atom is 0.264 e. The van der Waals surface area contributed by atoms with E-state index in [2.05, 4.69) is 5.32 Å². The van der Waals surface area contributed by atoms with E-state index in [-0.39, 0.29) is 29.5 Å². The van der Waals surface area contributed by atoms with Crippen LogP contribution in [0.4, 0.5) is 5.69 Å². The summed E-state index contributed by atoms with van der Waals surface area (Å²) in [6.07, 6.45) is 0.261. The molecule has 1 atom stereocenters. The molecule has 0 spiro atoms. The van der Waals surface area contributed by atoms with Crippen LogP contribution >= 0.6 is 34.8 Å². The highest BCUT2D eigenvalue weighted by atomic mass is 35.5. The van der Waals surface area contributed by atoms with Crippen molar-refractivity contribution in [3.63, 3.8) is 0 Å². The number of nitrogens with zero attached hydrogens (tertiary/aromatic N) is 2. The lowest BCUT2D eigenvalue weighted by molar-refractivity contribution is -0.141. The summed E-state index contributed by atoms with van der Waals surface area (Å²) in [4.78, 5) is 29.1. The Morgan fingerprint density at radius 2 is 1.52 bits per heavy atom. The van der Waals surface area contributed by atoms with Gasteiger partial charge in [0.2, 0.25) is 11.8 Å². The Labute approximate surface area is 263 Å². The maximum absolute atomic E-state index is 14.3. The summed E-state index contributed by atoms with van der Waals surface area (Å²) >= 11 is 19.2. The van der Waals surface area contributed by atoms with Crippen LogP contribution in [0.2, 0.25) is 15.1 Å². The normalized spacial score (nSPS) is 12.5. The second kappa shape index (κ2) is 13.7. The van der Waals surface area contributed by atoms with Gasteiger partial charge in [-0.1, -0.05) is 71.6 Å². The lowest BCUT2D eigenvalue weighted by atomic mass is 10.1. The third kappa shape index (κ3) is 8.19. The van der Waals surface area contributed by atoms with Crippen LogP contribution in [0.1, 0.15) is 50.8 Å². The summed E-state index contributed by atoms with van der Waals surface area (Å²) < 4.78 is 29.2. The van der Waals surface area contributed by atoms with Crippen molar-refractivity contribution in [1.82, 2.24) is 10.2 Å². The largest absolute Gasteiger partial charge is 0.350 e. The number of nitrogens with one attached hydrogen (secondary N) is 1. The molecule has 3 rings (SSSR count). The van der Waals surface area contributed by atoms with E-state index in [1.807, 2.05) is 27.7 Å². The van der Waals surface area contributed by atoms with Crippen molar-refractivity contribution >= 4 is 62.3 Å². The Morgan fingerprint density at radius 1 is 0.929 bits per heavy atom. The van der Waals surface area contributed by atoms with Gasteiger partial charge in [0.1, 0.15) is 12.6 Å². The number of rotatable bonds is 10. The van der Waals surface area contributed by atoms with Crippen molar-refractivity contribution in [2.45, 2.75) is 71.0 Å². The Morgan fingerprint density at radius 3 is 2.07 bits per heavy atom.